The van der Waals surface area contributed by atoms with Gasteiger partial charge in [-0.15, -0.1) is 0 Å². The number of nitrogens with one attached hydrogen (secondary N) is 1. The van der Waals surface area contributed by atoms with Crippen LogP contribution >= 0.6 is 11.6 Å². The minimum absolute atomic E-state index is 0.142. The molecule has 2 rings (SSSR count). The molecule has 0 atom stereocenters. The molecule has 4 heteroatoms. The van der Waals surface area contributed by atoms with Gasteiger partial charge in [-0.3, -0.25) is 4.79 Å². The molecule has 0 unspecified atom stereocenters. The van der Waals surface area contributed by atoms with Gasteiger partial charge in [0, 0.05) is 17.7 Å². The predicted octanol–water partition coefficient (Wildman–Crippen LogP) is 3.23. The first kappa shape index (κ1) is 14.3. The molecule has 20 heavy (non-hydrogen) atoms. The van der Waals surface area contributed by atoms with Gasteiger partial charge in [0.1, 0.15) is 0 Å². The van der Waals surface area contributed by atoms with Crippen LogP contribution < -0.4 is 5.43 Å². The van der Waals surface area contributed by atoms with Gasteiger partial charge in [-0.05, 0) is 23.3 Å². The molecule has 0 heterocycles. The van der Waals surface area contributed by atoms with Gasteiger partial charge in [0.15, 0.2) is 0 Å². The normalized spacial score (nSPS) is 10.7. The van der Waals surface area contributed by atoms with Gasteiger partial charge < -0.3 is 0 Å². The standard InChI is InChI=1S/C16H15ClN2O/c17-15-8-6-14(7-9-15)12-16(20)19-18-11-10-13-4-2-1-3-5-13/h1-9,11H,10,12H2,(H,19,20). The highest BCUT2D eigenvalue weighted by Crippen LogP contribution is 2.09. The Hall–Kier alpha value is -2.13. The van der Waals surface area contributed by atoms with Gasteiger partial charge in [-0.25, -0.2) is 5.43 Å². The summed E-state index contributed by atoms with van der Waals surface area (Å²) < 4.78 is 0. The van der Waals surface area contributed by atoms with Crippen molar-refractivity contribution in [2.45, 2.75) is 12.8 Å². The van der Waals surface area contributed by atoms with Crippen LogP contribution in [0, 0.1) is 0 Å². The Morgan fingerprint density at radius 3 is 2.45 bits per heavy atom. The average Bonchev–Trinajstić information content (AvgIpc) is 2.47. The fraction of sp³-hybridized carbons (Fsp3) is 0.125. The second kappa shape index (κ2) is 7.46. The minimum Gasteiger partial charge on any atom is -0.273 e. The molecule has 0 saturated carbocycles. The quantitative estimate of drug-likeness (QED) is 0.665. The fourth-order valence-corrected chi connectivity index (χ4v) is 1.84. The highest BCUT2D eigenvalue weighted by atomic mass is 35.5. The fourth-order valence-electron chi connectivity index (χ4n) is 1.71. The number of carbonyl (C=O) groups is 1. The summed E-state index contributed by atoms with van der Waals surface area (Å²) in [6.07, 6.45) is 2.68. The molecule has 0 radical (unpaired) electrons. The number of benzene rings is 2. The molecular formula is C16H15ClN2O. The molecule has 1 amide bonds. The molecule has 0 spiro atoms. The van der Waals surface area contributed by atoms with E-state index in [1.54, 1.807) is 18.3 Å². The van der Waals surface area contributed by atoms with Gasteiger partial charge in [0.2, 0.25) is 5.91 Å². The molecule has 0 aliphatic heterocycles. The van der Waals surface area contributed by atoms with E-state index in [9.17, 15) is 4.79 Å². The summed E-state index contributed by atoms with van der Waals surface area (Å²) in [7, 11) is 0. The van der Waals surface area contributed by atoms with Gasteiger partial charge in [0.05, 0.1) is 6.42 Å². The van der Waals surface area contributed by atoms with E-state index in [-0.39, 0.29) is 5.91 Å². The van der Waals surface area contributed by atoms with Crippen molar-refractivity contribution < 1.29 is 4.79 Å². The maximum absolute atomic E-state index is 11.7. The summed E-state index contributed by atoms with van der Waals surface area (Å²) in [6, 6.07) is 17.1. The highest BCUT2D eigenvalue weighted by molar-refractivity contribution is 6.30. The molecule has 2 aromatic carbocycles. The van der Waals surface area contributed by atoms with E-state index in [0.717, 1.165) is 11.1 Å². The van der Waals surface area contributed by atoms with E-state index < -0.39 is 0 Å². The first-order chi connectivity index (χ1) is 9.74. The Kier molecular flexibility index (Phi) is 5.33. The Morgan fingerprint density at radius 1 is 1.05 bits per heavy atom. The van der Waals surface area contributed by atoms with Crippen LogP contribution in [0.4, 0.5) is 0 Å². The molecule has 0 saturated heterocycles. The summed E-state index contributed by atoms with van der Waals surface area (Å²) in [5, 5.41) is 4.59. The largest absolute Gasteiger partial charge is 0.273 e. The molecule has 0 bridgehead atoms. The second-order valence-corrected chi connectivity index (χ2v) is 4.78. The van der Waals surface area contributed by atoms with Crippen molar-refractivity contribution in [2.24, 2.45) is 5.10 Å². The van der Waals surface area contributed by atoms with E-state index in [0.29, 0.717) is 17.9 Å². The third kappa shape index (κ3) is 4.86. The maximum atomic E-state index is 11.7. The lowest BCUT2D eigenvalue weighted by molar-refractivity contribution is -0.120. The Balaban J connectivity index is 1.76. The molecule has 1 N–H and O–H groups in total. The first-order valence-corrected chi connectivity index (χ1v) is 6.70. The van der Waals surface area contributed by atoms with E-state index in [2.05, 4.69) is 10.5 Å². The van der Waals surface area contributed by atoms with Crippen LogP contribution in [0.3, 0.4) is 0 Å². The molecular weight excluding hydrogens is 272 g/mol. The van der Waals surface area contributed by atoms with Crippen LogP contribution in [-0.2, 0) is 17.6 Å². The Labute approximate surface area is 123 Å². The number of rotatable bonds is 5. The van der Waals surface area contributed by atoms with Crippen LogP contribution in [0.2, 0.25) is 5.02 Å². The van der Waals surface area contributed by atoms with Crippen molar-refractivity contribution in [3.05, 3.63) is 70.7 Å². The van der Waals surface area contributed by atoms with Crippen molar-refractivity contribution in [2.75, 3.05) is 0 Å². The summed E-state index contributed by atoms with van der Waals surface area (Å²) in [5.74, 6) is -0.142. The zero-order chi connectivity index (χ0) is 14.2. The topological polar surface area (TPSA) is 41.5 Å². The lowest BCUT2D eigenvalue weighted by atomic mass is 10.1. The zero-order valence-corrected chi connectivity index (χ0v) is 11.7. The van der Waals surface area contributed by atoms with Crippen molar-refractivity contribution in [1.82, 2.24) is 5.43 Å². The van der Waals surface area contributed by atoms with Gasteiger partial charge in [-0.1, -0.05) is 54.1 Å². The van der Waals surface area contributed by atoms with Gasteiger partial charge in [0.25, 0.3) is 0 Å². The third-order valence-corrected chi connectivity index (χ3v) is 2.98. The number of nitrogens with zero attached hydrogens (tertiary/aromatic N) is 1. The number of hydrogen-bond donors (Lipinski definition) is 1. The summed E-state index contributed by atoms with van der Waals surface area (Å²) >= 11 is 5.78. The lowest BCUT2D eigenvalue weighted by Crippen LogP contribution is -2.19. The predicted molar refractivity (Wildman–Crippen MR) is 81.9 cm³/mol. The van der Waals surface area contributed by atoms with E-state index >= 15 is 0 Å². The SMILES string of the molecule is O=C(Cc1ccc(Cl)cc1)NN=CCc1ccccc1. The van der Waals surface area contributed by atoms with Crippen molar-refractivity contribution in [3.8, 4) is 0 Å². The smallest absolute Gasteiger partial charge is 0.244 e. The Bertz CT molecular complexity index is 579. The molecule has 102 valence electrons. The van der Waals surface area contributed by atoms with Crippen LogP contribution in [0.15, 0.2) is 59.7 Å². The van der Waals surface area contributed by atoms with E-state index in [4.69, 9.17) is 11.6 Å². The van der Waals surface area contributed by atoms with E-state index in [1.807, 2.05) is 42.5 Å². The van der Waals surface area contributed by atoms with Crippen LogP contribution in [0.5, 0.6) is 0 Å². The molecule has 0 aliphatic carbocycles. The van der Waals surface area contributed by atoms with Crippen LogP contribution in [-0.4, -0.2) is 12.1 Å². The molecule has 0 aromatic heterocycles. The second-order valence-electron chi connectivity index (χ2n) is 4.34. The molecule has 0 fully saturated rings. The number of carbonyl (C=O) groups excluding carboxylic acids is 1. The van der Waals surface area contributed by atoms with Crippen molar-refractivity contribution >= 4 is 23.7 Å². The maximum Gasteiger partial charge on any atom is 0.244 e. The van der Waals surface area contributed by atoms with Crippen LogP contribution in [0.1, 0.15) is 11.1 Å². The summed E-state index contributed by atoms with van der Waals surface area (Å²) in [6.45, 7) is 0. The van der Waals surface area contributed by atoms with E-state index in [1.165, 1.54) is 0 Å². The third-order valence-electron chi connectivity index (χ3n) is 2.73. The molecule has 3 nitrogen and oxygen atoms in total. The number of hydrogen-bond acceptors (Lipinski definition) is 2. The summed E-state index contributed by atoms with van der Waals surface area (Å²) in [4.78, 5) is 11.7. The van der Waals surface area contributed by atoms with Crippen molar-refractivity contribution in [1.29, 1.82) is 0 Å². The Morgan fingerprint density at radius 2 is 1.75 bits per heavy atom. The average molecular weight is 287 g/mol. The van der Waals surface area contributed by atoms with Crippen molar-refractivity contribution in [3.63, 3.8) is 0 Å². The lowest BCUT2D eigenvalue weighted by Gasteiger charge is -2.00. The van der Waals surface area contributed by atoms with Gasteiger partial charge in [-0.2, -0.15) is 5.10 Å². The van der Waals surface area contributed by atoms with Gasteiger partial charge >= 0.3 is 0 Å². The summed E-state index contributed by atoms with van der Waals surface area (Å²) in [5.41, 5.74) is 4.58. The molecule has 2 aromatic rings. The number of hydrazone groups is 1. The zero-order valence-electron chi connectivity index (χ0n) is 10.9. The monoisotopic (exact) mass is 286 g/mol. The highest BCUT2D eigenvalue weighted by Gasteiger charge is 2.01. The first-order valence-electron chi connectivity index (χ1n) is 6.33. The number of halogens is 1. The minimum atomic E-state index is -0.142. The number of amides is 1. The molecule has 0 aliphatic rings. The van der Waals surface area contributed by atoms with Crippen LogP contribution in [0.25, 0.3) is 0 Å².